The van der Waals surface area contributed by atoms with Gasteiger partial charge in [-0.25, -0.2) is 4.79 Å². The van der Waals surface area contributed by atoms with E-state index >= 15 is 0 Å². The molecule has 3 amide bonds. The summed E-state index contributed by atoms with van der Waals surface area (Å²) in [5.41, 5.74) is 1.12. The molecule has 1 heterocycles. The molecule has 1 aromatic rings. The van der Waals surface area contributed by atoms with Crippen LogP contribution in [0.3, 0.4) is 0 Å². The zero-order valence-corrected chi connectivity index (χ0v) is 15.1. The first-order valence-corrected chi connectivity index (χ1v) is 8.73. The Morgan fingerprint density at radius 2 is 1.88 bits per heavy atom. The van der Waals surface area contributed by atoms with Crippen molar-refractivity contribution in [1.29, 1.82) is 0 Å². The molecule has 0 unspecified atom stereocenters. The van der Waals surface area contributed by atoms with Crippen molar-refractivity contribution in [2.45, 2.75) is 18.9 Å². The Morgan fingerprint density at radius 1 is 1.20 bits per heavy atom. The van der Waals surface area contributed by atoms with Crippen molar-refractivity contribution in [2.75, 3.05) is 40.3 Å². The maximum Gasteiger partial charge on any atom is 0.315 e. The first-order valence-electron chi connectivity index (χ1n) is 8.73. The van der Waals surface area contributed by atoms with Crippen LogP contribution in [0.1, 0.15) is 18.4 Å². The molecule has 6 heteroatoms. The Hall–Kier alpha value is -2.34. The number of carbonyl (C=O) groups is 2. The molecule has 1 fully saturated rings. The largest absolute Gasteiger partial charge is 0.348 e. The lowest BCUT2D eigenvalue weighted by Crippen LogP contribution is -2.49. The first-order chi connectivity index (χ1) is 12.0. The standard InChI is InChI=1S/C19H28N4O2/c1-22(2)18(24)15-23-13-10-17(11-14-23)21-19(25)20-12-6-9-16-7-4-3-5-8-16/h3-9,17H,10-15H2,1-2H3,(H2,20,21,25)/b9-6+. The van der Waals surface area contributed by atoms with E-state index < -0.39 is 0 Å². The van der Waals surface area contributed by atoms with Gasteiger partial charge in [0.15, 0.2) is 0 Å². The molecule has 0 aromatic heterocycles. The highest BCUT2D eigenvalue weighted by Crippen LogP contribution is 2.10. The van der Waals surface area contributed by atoms with E-state index in [1.165, 1.54) is 0 Å². The number of hydrogen-bond acceptors (Lipinski definition) is 3. The third-order valence-corrected chi connectivity index (χ3v) is 4.27. The van der Waals surface area contributed by atoms with E-state index in [-0.39, 0.29) is 18.0 Å². The molecular formula is C19H28N4O2. The van der Waals surface area contributed by atoms with Crippen LogP contribution in [-0.2, 0) is 4.79 Å². The van der Waals surface area contributed by atoms with Crippen molar-refractivity contribution in [3.63, 3.8) is 0 Å². The molecular weight excluding hydrogens is 316 g/mol. The number of piperidine rings is 1. The van der Waals surface area contributed by atoms with Crippen molar-refractivity contribution < 1.29 is 9.59 Å². The van der Waals surface area contributed by atoms with Gasteiger partial charge in [-0.1, -0.05) is 42.5 Å². The maximum atomic E-state index is 11.9. The van der Waals surface area contributed by atoms with E-state index in [0.29, 0.717) is 13.1 Å². The van der Waals surface area contributed by atoms with Crippen molar-refractivity contribution in [3.8, 4) is 0 Å². The third kappa shape index (κ3) is 6.97. The molecule has 0 atom stereocenters. The highest BCUT2D eigenvalue weighted by Gasteiger charge is 2.22. The summed E-state index contributed by atoms with van der Waals surface area (Å²) in [6.07, 6.45) is 5.66. The van der Waals surface area contributed by atoms with Gasteiger partial charge >= 0.3 is 6.03 Å². The minimum absolute atomic E-state index is 0.120. The van der Waals surface area contributed by atoms with Gasteiger partial charge in [0.25, 0.3) is 0 Å². The minimum atomic E-state index is -0.138. The number of rotatable bonds is 6. The number of benzene rings is 1. The SMILES string of the molecule is CN(C)C(=O)CN1CCC(NC(=O)NC/C=C/c2ccccc2)CC1. The molecule has 2 rings (SSSR count). The summed E-state index contributed by atoms with van der Waals surface area (Å²) in [5.74, 6) is 0.120. The van der Waals surface area contributed by atoms with Gasteiger partial charge < -0.3 is 15.5 Å². The van der Waals surface area contributed by atoms with Gasteiger partial charge in [0.2, 0.25) is 5.91 Å². The van der Waals surface area contributed by atoms with Crippen LogP contribution >= 0.6 is 0 Å². The van der Waals surface area contributed by atoms with Crippen LogP contribution in [0.2, 0.25) is 0 Å². The Labute approximate surface area is 149 Å². The molecule has 0 radical (unpaired) electrons. The summed E-state index contributed by atoms with van der Waals surface area (Å²) in [7, 11) is 3.54. The Morgan fingerprint density at radius 3 is 2.52 bits per heavy atom. The van der Waals surface area contributed by atoms with Crippen LogP contribution in [0.25, 0.3) is 6.08 Å². The van der Waals surface area contributed by atoms with Gasteiger partial charge in [0.1, 0.15) is 0 Å². The lowest BCUT2D eigenvalue weighted by Gasteiger charge is -2.32. The molecule has 0 saturated carbocycles. The monoisotopic (exact) mass is 344 g/mol. The molecule has 1 aliphatic heterocycles. The summed E-state index contributed by atoms with van der Waals surface area (Å²) >= 11 is 0. The van der Waals surface area contributed by atoms with Crippen LogP contribution in [0.15, 0.2) is 36.4 Å². The number of carbonyl (C=O) groups excluding carboxylic acids is 2. The molecule has 1 aromatic carbocycles. The summed E-state index contributed by atoms with van der Waals surface area (Å²) < 4.78 is 0. The fourth-order valence-electron chi connectivity index (χ4n) is 2.72. The van der Waals surface area contributed by atoms with Gasteiger partial charge in [0.05, 0.1) is 6.54 Å². The van der Waals surface area contributed by atoms with Crippen molar-refractivity contribution in [1.82, 2.24) is 20.4 Å². The average Bonchev–Trinajstić information content (AvgIpc) is 2.61. The normalized spacial score (nSPS) is 15.9. The number of amides is 3. The quantitative estimate of drug-likeness (QED) is 0.823. The third-order valence-electron chi connectivity index (χ3n) is 4.27. The van der Waals surface area contributed by atoms with Gasteiger partial charge in [-0.3, -0.25) is 9.69 Å². The lowest BCUT2D eigenvalue weighted by atomic mass is 10.1. The molecule has 136 valence electrons. The molecule has 2 N–H and O–H groups in total. The van der Waals surface area contributed by atoms with Crippen molar-refractivity contribution >= 4 is 18.0 Å². The number of nitrogens with one attached hydrogen (secondary N) is 2. The molecule has 1 saturated heterocycles. The smallest absolute Gasteiger partial charge is 0.315 e. The van der Waals surface area contributed by atoms with Crippen molar-refractivity contribution in [3.05, 3.63) is 42.0 Å². The van der Waals surface area contributed by atoms with Crippen molar-refractivity contribution in [2.24, 2.45) is 0 Å². The minimum Gasteiger partial charge on any atom is -0.348 e. The fourth-order valence-corrected chi connectivity index (χ4v) is 2.72. The highest BCUT2D eigenvalue weighted by molar-refractivity contribution is 5.77. The second-order valence-electron chi connectivity index (χ2n) is 6.51. The first kappa shape index (κ1) is 19.0. The Balaban J connectivity index is 1.62. The Kier molecular flexibility index (Phi) is 7.47. The summed E-state index contributed by atoms with van der Waals surface area (Å²) in [5, 5.41) is 5.86. The van der Waals surface area contributed by atoms with Gasteiger partial charge in [-0.05, 0) is 18.4 Å². The van der Waals surface area contributed by atoms with E-state index in [2.05, 4.69) is 15.5 Å². The predicted molar refractivity (Wildman–Crippen MR) is 100 cm³/mol. The fraction of sp³-hybridized carbons (Fsp3) is 0.474. The van der Waals surface area contributed by atoms with Gasteiger partial charge in [0, 0.05) is 39.8 Å². The number of likely N-dealkylation sites (tertiary alicyclic amines) is 1. The summed E-state index contributed by atoms with van der Waals surface area (Å²) in [6, 6.07) is 10.0. The van der Waals surface area contributed by atoms with E-state index in [9.17, 15) is 9.59 Å². The number of nitrogens with zero attached hydrogens (tertiary/aromatic N) is 2. The molecule has 6 nitrogen and oxygen atoms in total. The van der Waals surface area contributed by atoms with E-state index in [0.717, 1.165) is 31.5 Å². The number of urea groups is 1. The summed E-state index contributed by atoms with van der Waals surface area (Å²) in [4.78, 5) is 27.4. The summed E-state index contributed by atoms with van der Waals surface area (Å²) in [6.45, 7) is 2.62. The molecule has 1 aliphatic rings. The Bertz CT molecular complexity index is 578. The maximum absolute atomic E-state index is 11.9. The predicted octanol–water partition coefficient (Wildman–Crippen LogP) is 1.55. The zero-order chi connectivity index (χ0) is 18.1. The number of hydrogen-bond donors (Lipinski definition) is 2. The van der Waals surface area contributed by atoms with Crippen LogP contribution in [-0.4, -0.2) is 68.1 Å². The average molecular weight is 344 g/mol. The molecule has 0 aliphatic carbocycles. The molecule has 25 heavy (non-hydrogen) atoms. The van der Waals surface area contributed by atoms with Crippen LogP contribution < -0.4 is 10.6 Å². The molecule has 0 bridgehead atoms. The second-order valence-corrected chi connectivity index (χ2v) is 6.51. The van der Waals surface area contributed by atoms with E-state index in [1.807, 2.05) is 42.5 Å². The zero-order valence-electron chi connectivity index (χ0n) is 15.1. The lowest BCUT2D eigenvalue weighted by molar-refractivity contribution is -0.130. The van der Waals surface area contributed by atoms with Crippen LogP contribution in [0.4, 0.5) is 4.79 Å². The van der Waals surface area contributed by atoms with Crippen LogP contribution in [0.5, 0.6) is 0 Å². The second kappa shape index (κ2) is 9.84. The number of likely N-dealkylation sites (N-methyl/N-ethyl adjacent to an activating group) is 1. The topological polar surface area (TPSA) is 64.7 Å². The van der Waals surface area contributed by atoms with E-state index in [4.69, 9.17) is 0 Å². The van der Waals surface area contributed by atoms with Gasteiger partial charge in [-0.2, -0.15) is 0 Å². The van der Waals surface area contributed by atoms with Gasteiger partial charge in [-0.15, -0.1) is 0 Å². The van der Waals surface area contributed by atoms with E-state index in [1.54, 1.807) is 19.0 Å². The molecule has 0 spiro atoms. The van der Waals surface area contributed by atoms with Crippen LogP contribution in [0, 0.1) is 0 Å². The highest BCUT2D eigenvalue weighted by atomic mass is 16.2.